The molecule has 0 aliphatic heterocycles. The Labute approximate surface area is 97.4 Å². The third-order valence-corrected chi connectivity index (χ3v) is 2.28. The minimum Gasteiger partial charge on any atom is -0.508 e. The van der Waals surface area contributed by atoms with E-state index >= 15 is 0 Å². The first-order valence-electron chi connectivity index (χ1n) is 5.95. The molecule has 1 aromatic rings. The number of benzene rings is 1. The van der Waals surface area contributed by atoms with Crippen LogP contribution in [0.1, 0.15) is 26.2 Å². The van der Waals surface area contributed by atoms with Crippen LogP contribution in [0.25, 0.3) is 0 Å². The smallest absolute Gasteiger partial charge is 0.119 e. The Morgan fingerprint density at radius 2 is 1.88 bits per heavy atom. The van der Waals surface area contributed by atoms with E-state index in [1.54, 1.807) is 24.3 Å². The summed E-state index contributed by atoms with van der Waals surface area (Å²) < 4.78 is 5.53. The number of hydrogen-bond acceptors (Lipinski definition) is 3. The van der Waals surface area contributed by atoms with Gasteiger partial charge >= 0.3 is 0 Å². The van der Waals surface area contributed by atoms with Gasteiger partial charge in [-0.3, -0.25) is 0 Å². The Morgan fingerprint density at radius 1 is 1.12 bits per heavy atom. The van der Waals surface area contributed by atoms with Gasteiger partial charge in [-0.25, -0.2) is 0 Å². The van der Waals surface area contributed by atoms with Crippen LogP contribution in [0.4, 0.5) is 0 Å². The number of hydrogen-bond donors (Lipinski definition) is 2. The quantitative estimate of drug-likeness (QED) is 0.665. The summed E-state index contributed by atoms with van der Waals surface area (Å²) in [4.78, 5) is 0. The lowest BCUT2D eigenvalue weighted by Crippen LogP contribution is -2.16. The molecule has 0 spiro atoms. The molecule has 3 nitrogen and oxygen atoms in total. The zero-order valence-electron chi connectivity index (χ0n) is 9.91. The molecule has 0 saturated carbocycles. The molecule has 3 heteroatoms. The van der Waals surface area contributed by atoms with Crippen molar-refractivity contribution < 1.29 is 9.84 Å². The third-order valence-electron chi connectivity index (χ3n) is 2.28. The highest BCUT2D eigenvalue weighted by molar-refractivity contribution is 5.29. The van der Waals surface area contributed by atoms with Gasteiger partial charge in [-0.05, 0) is 56.6 Å². The molecule has 0 aliphatic carbocycles. The van der Waals surface area contributed by atoms with Crippen molar-refractivity contribution in [1.29, 1.82) is 0 Å². The van der Waals surface area contributed by atoms with Gasteiger partial charge in [0.15, 0.2) is 0 Å². The van der Waals surface area contributed by atoms with E-state index in [-0.39, 0.29) is 5.75 Å². The van der Waals surface area contributed by atoms with E-state index in [2.05, 4.69) is 12.2 Å². The number of phenolic OH excluding ortho intramolecular Hbond substituents is 1. The second-order valence-electron chi connectivity index (χ2n) is 3.80. The monoisotopic (exact) mass is 223 g/mol. The molecule has 0 heterocycles. The summed E-state index contributed by atoms with van der Waals surface area (Å²) in [6.45, 7) is 5.06. The van der Waals surface area contributed by atoms with Crippen LogP contribution in [0, 0.1) is 0 Å². The van der Waals surface area contributed by atoms with Crippen LogP contribution in [0.2, 0.25) is 0 Å². The molecule has 0 atom stereocenters. The van der Waals surface area contributed by atoms with Gasteiger partial charge in [-0.15, -0.1) is 0 Å². The Bertz CT molecular complexity index is 272. The highest BCUT2D eigenvalue weighted by Crippen LogP contribution is 2.15. The van der Waals surface area contributed by atoms with Crippen molar-refractivity contribution in [3.8, 4) is 11.5 Å². The summed E-state index contributed by atoms with van der Waals surface area (Å²) in [7, 11) is 0. The molecule has 0 saturated heterocycles. The fourth-order valence-corrected chi connectivity index (χ4v) is 1.39. The Morgan fingerprint density at radius 3 is 2.56 bits per heavy atom. The van der Waals surface area contributed by atoms with Gasteiger partial charge in [0.25, 0.3) is 0 Å². The zero-order valence-corrected chi connectivity index (χ0v) is 9.91. The molecule has 0 aromatic heterocycles. The molecule has 0 fully saturated rings. The summed E-state index contributed by atoms with van der Waals surface area (Å²) >= 11 is 0. The van der Waals surface area contributed by atoms with Crippen molar-refractivity contribution in [3.63, 3.8) is 0 Å². The lowest BCUT2D eigenvalue weighted by Gasteiger charge is -2.06. The van der Waals surface area contributed by atoms with E-state index in [0.717, 1.165) is 38.3 Å². The van der Waals surface area contributed by atoms with E-state index in [9.17, 15) is 0 Å². The second-order valence-corrected chi connectivity index (χ2v) is 3.80. The van der Waals surface area contributed by atoms with Gasteiger partial charge in [0.05, 0.1) is 6.61 Å². The maximum Gasteiger partial charge on any atom is 0.119 e. The van der Waals surface area contributed by atoms with Crippen molar-refractivity contribution in [3.05, 3.63) is 24.3 Å². The highest BCUT2D eigenvalue weighted by Gasteiger charge is 1.94. The predicted octanol–water partition coefficient (Wildman–Crippen LogP) is 2.55. The number of aromatic hydroxyl groups is 1. The SMILES string of the molecule is CCCNCCCCOc1ccc(O)cc1. The lowest BCUT2D eigenvalue weighted by molar-refractivity contribution is 0.305. The number of rotatable bonds is 8. The van der Waals surface area contributed by atoms with Crippen molar-refractivity contribution >= 4 is 0 Å². The number of phenols is 1. The average Bonchev–Trinajstić information content (AvgIpc) is 2.30. The highest BCUT2D eigenvalue weighted by atomic mass is 16.5. The lowest BCUT2D eigenvalue weighted by atomic mass is 10.3. The van der Waals surface area contributed by atoms with Gasteiger partial charge in [-0.1, -0.05) is 6.92 Å². The summed E-state index contributed by atoms with van der Waals surface area (Å²) in [5.74, 6) is 1.09. The van der Waals surface area contributed by atoms with Gasteiger partial charge in [0.1, 0.15) is 11.5 Å². The molecular formula is C13H21NO2. The van der Waals surface area contributed by atoms with Crippen LogP contribution in [0.3, 0.4) is 0 Å². The Balaban J connectivity index is 2.01. The summed E-state index contributed by atoms with van der Waals surface area (Å²) in [6.07, 6.45) is 3.37. The maximum absolute atomic E-state index is 9.08. The molecule has 0 unspecified atom stereocenters. The third kappa shape index (κ3) is 5.61. The molecule has 0 aliphatic rings. The first-order chi connectivity index (χ1) is 7.83. The molecular weight excluding hydrogens is 202 g/mol. The second kappa shape index (κ2) is 7.99. The molecule has 0 radical (unpaired) electrons. The summed E-state index contributed by atoms with van der Waals surface area (Å²) in [5.41, 5.74) is 0. The van der Waals surface area contributed by atoms with E-state index in [1.807, 2.05) is 0 Å². The normalized spacial score (nSPS) is 10.3. The van der Waals surface area contributed by atoms with Crippen LogP contribution in [-0.2, 0) is 0 Å². The number of nitrogens with one attached hydrogen (secondary N) is 1. The fourth-order valence-electron chi connectivity index (χ4n) is 1.39. The predicted molar refractivity (Wildman–Crippen MR) is 66.0 cm³/mol. The van der Waals surface area contributed by atoms with E-state index in [4.69, 9.17) is 9.84 Å². The van der Waals surface area contributed by atoms with Crippen molar-refractivity contribution in [2.24, 2.45) is 0 Å². The summed E-state index contributed by atoms with van der Waals surface area (Å²) in [6, 6.07) is 6.84. The number of ether oxygens (including phenoxy) is 1. The van der Waals surface area contributed by atoms with Gasteiger partial charge in [0, 0.05) is 0 Å². The first kappa shape index (κ1) is 12.8. The molecule has 16 heavy (non-hydrogen) atoms. The van der Waals surface area contributed by atoms with Crippen LogP contribution >= 0.6 is 0 Å². The minimum atomic E-state index is 0.274. The standard InChI is InChI=1S/C13H21NO2/c1-2-9-14-10-3-4-11-16-13-7-5-12(15)6-8-13/h5-8,14-15H,2-4,9-11H2,1H3. The molecule has 0 amide bonds. The van der Waals surface area contributed by atoms with Crippen molar-refractivity contribution in [2.45, 2.75) is 26.2 Å². The van der Waals surface area contributed by atoms with Crippen LogP contribution in [-0.4, -0.2) is 24.8 Å². The van der Waals surface area contributed by atoms with E-state index in [1.165, 1.54) is 6.42 Å². The Hall–Kier alpha value is -1.22. The zero-order chi connectivity index (χ0) is 11.6. The van der Waals surface area contributed by atoms with Crippen molar-refractivity contribution in [2.75, 3.05) is 19.7 Å². The van der Waals surface area contributed by atoms with Crippen LogP contribution in [0.5, 0.6) is 11.5 Å². The van der Waals surface area contributed by atoms with Gasteiger partial charge in [0.2, 0.25) is 0 Å². The average molecular weight is 223 g/mol. The maximum atomic E-state index is 9.08. The number of unbranched alkanes of at least 4 members (excludes halogenated alkanes) is 1. The fraction of sp³-hybridized carbons (Fsp3) is 0.538. The molecule has 2 N–H and O–H groups in total. The largest absolute Gasteiger partial charge is 0.508 e. The first-order valence-corrected chi connectivity index (χ1v) is 5.95. The Kier molecular flexibility index (Phi) is 6.42. The molecule has 0 bridgehead atoms. The van der Waals surface area contributed by atoms with E-state index in [0.29, 0.717) is 0 Å². The minimum absolute atomic E-state index is 0.274. The molecule has 1 rings (SSSR count). The van der Waals surface area contributed by atoms with Gasteiger partial charge < -0.3 is 15.2 Å². The van der Waals surface area contributed by atoms with Crippen LogP contribution < -0.4 is 10.1 Å². The van der Waals surface area contributed by atoms with Crippen molar-refractivity contribution in [1.82, 2.24) is 5.32 Å². The molecule has 90 valence electrons. The van der Waals surface area contributed by atoms with Gasteiger partial charge in [-0.2, -0.15) is 0 Å². The van der Waals surface area contributed by atoms with E-state index < -0.39 is 0 Å². The topological polar surface area (TPSA) is 41.5 Å². The summed E-state index contributed by atoms with van der Waals surface area (Å²) in [5, 5.41) is 12.4. The molecule has 1 aromatic carbocycles. The van der Waals surface area contributed by atoms with Crippen LogP contribution in [0.15, 0.2) is 24.3 Å².